The van der Waals surface area contributed by atoms with Crippen molar-refractivity contribution >= 4 is 34.0 Å². The molecule has 0 fully saturated rings. The van der Waals surface area contributed by atoms with Crippen LogP contribution in [0.5, 0.6) is 11.5 Å². The minimum Gasteiger partial charge on any atom is -0.486 e. The third-order valence-electron chi connectivity index (χ3n) is 3.73. The molecular formula is C17H13Cl2NO2. The Balaban J connectivity index is 1.56. The zero-order chi connectivity index (χ0) is 15.1. The van der Waals surface area contributed by atoms with Crippen LogP contribution in [0.3, 0.4) is 0 Å². The largest absolute Gasteiger partial charge is 0.486 e. The van der Waals surface area contributed by atoms with Crippen LogP contribution in [0.1, 0.15) is 0 Å². The first-order chi connectivity index (χ1) is 10.7. The number of hydrogen-bond donors (Lipinski definition) is 0. The summed E-state index contributed by atoms with van der Waals surface area (Å²) < 4.78 is 13.8. The highest BCUT2D eigenvalue weighted by Gasteiger charge is 2.22. The van der Waals surface area contributed by atoms with Crippen LogP contribution in [0.15, 0.2) is 48.8 Å². The minimum atomic E-state index is -0.0634. The third-order valence-corrected chi connectivity index (χ3v) is 4.45. The molecule has 0 unspecified atom stereocenters. The van der Waals surface area contributed by atoms with Crippen molar-refractivity contribution in [3.8, 4) is 11.5 Å². The van der Waals surface area contributed by atoms with Crippen molar-refractivity contribution < 1.29 is 9.47 Å². The molecule has 1 aliphatic rings. The first-order valence-electron chi connectivity index (χ1n) is 7.02. The van der Waals surface area contributed by atoms with E-state index in [0.717, 1.165) is 0 Å². The van der Waals surface area contributed by atoms with E-state index in [4.69, 9.17) is 32.7 Å². The highest BCUT2D eigenvalue weighted by molar-refractivity contribution is 6.42. The molecule has 0 radical (unpaired) electrons. The summed E-state index contributed by atoms with van der Waals surface area (Å²) in [7, 11) is 0. The lowest BCUT2D eigenvalue weighted by molar-refractivity contribution is 0.0787. The van der Waals surface area contributed by atoms with Gasteiger partial charge < -0.3 is 14.0 Å². The molecule has 4 rings (SSSR count). The second kappa shape index (κ2) is 5.41. The highest BCUT2D eigenvalue weighted by Crippen LogP contribution is 2.38. The smallest absolute Gasteiger partial charge is 0.163 e. The molecule has 112 valence electrons. The van der Waals surface area contributed by atoms with Gasteiger partial charge in [-0.2, -0.15) is 0 Å². The van der Waals surface area contributed by atoms with Gasteiger partial charge in [-0.1, -0.05) is 47.5 Å². The van der Waals surface area contributed by atoms with Crippen LogP contribution in [-0.4, -0.2) is 17.3 Å². The van der Waals surface area contributed by atoms with Crippen LogP contribution in [0.25, 0.3) is 10.8 Å². The SMILES string of the molecule is Clc1cc2c(cc1Cl)O[C@@H](Cn1cc3ccccc3c1)CO2. The Morgan fingerprint density at radius 2 is 1.64 bits per heavy atom. The summed E-state index contributed by atoms with van der Waals surface area (Å²) in [4.78, 5) is 0. The van der Waals surface area contributed by atoms with Gasteiger partial charge in [-0.05, 0) is 10.8 Å². The molecule has 0 spiro atoms. The third kappa shape index (κ3) is 2.51. The lowest BCUT2D eigenvalue weighted by Crippen LogP contribution is -2.32. The summed E-state index contributed by atoms with van der Waals surface area (Å²) in [6.45, 7) is 1.20. The highest BCUT2D eigenvalue weighted by atomic mass is 35.5. The maximum Gasteiger partial charge on any atom is 0.163 e. The zero-order valence-electron chi connectivity index (χ0n) is 11.6. The lowest BCUT2D eigenvalue weighted by atomic mass is 10.2. The van der Waals surface area contributed by atoms with Crippen LogP contribution in [-0.2, 0) is 6.54 Å². The summed E-state index contributed by atoms with van der Waals surface area (Å²) in [6, 6.07) is 11.7. The number of halogens is 2. The summed E-state index contributed by atoms with van der Waals surface area (Å²) >= 11 is 12.0. The molecule has 3 nitrogen and oxygen atoms in total. The molecule has 1 aliphatic heterocycles. The van der Waals surface area contributed by atoms with Crippen LogP contribution in [0.4, 0.5) is 0 Å². The van der Waals surface area contributed by atoms with Gasteiger partial charge in [0.05, 0.1) is 16.6 Å². The summed E-state index contributed by atoms with van der Waals surface area (Å²) in [5, 5.41) is 3.37. The van der Waals surface area contributed by atoms with E-state index >= 15 is 0 Å². The van der Waals surface area contributed by atoms with E-state index in [1.807, 2.05) is 12.1 Å². The molecule has 3 aromatic rings. The molecule has 0 saturated heterocycles. The van der Waals surface area contributed by atoms with E-state index in [-0.39, 0.29) is 6.10 Å². The van der Waals surface area contributed by atoms with Gasteiger partial charge in [-0.15, -0.1) is 0 Å². The Hall–Kier alpha value is -1.84. The van der Waals surface area contributed by atoms with Crippen molar-refractivity contribution in [1.29, 1.82) is 0 Å². The summed E-state index contributed by atoms with van der Waals surface area (Å²) in [5.41, 5.74) is 0. The lowest BCUT2D eigenvalue weighted by Gasteiger charge is -2.27. The van der Waals surface area contributed by atoms with Gasteiger partial charge in [0.1, 0.15) is 6.61 Å². The average Bonchev–Trinajstić information content (AvgIpc) is 2.91. The number of ether oxygens (including phenoxy) is 2. The van der Waals surface area contributed by atoms with E-state index in [2.05, 4.69) is 29.1 Å². The van der Waals surface area contributed by atoms with Gasteiger partial charge in [0.2, 0.25) is 0 Å². The molecule has 0 saturated carbocycles. The zero-order valence-corrected chi connectivity index (χ0v) is 13.1. The van der Waals surface area contributed by atoms with E-state index in [0.29, 0.717) is 34.7 Å². The van der Waals surface area contributed by atoms with Gasteiger partial charge >= 0.3 is 0 Å². The molecular weight excluding hydrogens is 321 g/mol. The molecule has 0 N–H and O–H groups in total. The van der Waals surface area contributed by atoms with Crippen molar-refractivity contribution in [2.45, 2.75) is 12.6 Å². The fourth-order valence-electron chi connectivity index (χ4n) is 2.68. The number of benzene rings is 2. The Morgan fingerprint density at radius 3 is 2.32 bits per heavy atom. The molecule has 2 heterocycles. The number of rotatable bonds is 2. The molecule has 2 aromatic carbocycles. The van der Waals surface area contributed by atoms with Crippen molar-refractivity contribution in [2.24, 2.45) is 0 Å². The second-order valence-electron chi connectivity index (χ2n) is 5.35. The Morgan fingerprint density at radius 1 is 1.00 bits per heavy atom. The summed E-state index contributed by atoms with van der Waals surface area (Å²) in [5.74, 6) is 1.28. The number of aromatic nitrogens is 1. The predicted octanol–water partition coefficient (Wildman–Crippen LogP) is 4.79. The standard InChI is InChI=1S/C17H13Cl2NO2/c18-14-5-16-17(6-15(14)19)22-13(10-21-16)9-20-7-11-3-1-2-4-12(11)8-20/h1-8,13H,9-10H2/t13-/m0/s1. The van der Waals surface area contributed by atoms with Gasteiger partial charge in [0.15, 0.2) is 17.6 Å². The first-order valence-corrected chi connectivity index (χ1v) is 7.78. The van der Waals surface area contributed by atoms with Crippen LogP contribution < -0.4 is 9.47 Å². The molecule has 1 aromatic heterocycles. The van der Waals surface area contributed by atoms with E-state index < -0.39 is 0 Å². The van der Waals surface area contributed by atoms with Crippen molar-refractivity contribution in [3.05, 3.63) is 58.8 Å². The van der Waals surface area contributed by atoms with Gasteiger partial charge in [-0.25, -0.2) is 0 Å². The van der Waals surface area contributed by atoms with Gasteiger partial charge in [-0.3, -0.25) is 0 Å². The monoisotopic (exact) mass is 333 g/mol. The number of hydrogen-bond acceptors (Lipinski definition) is 2. The van der Waals surface area contributed by atoms with Crippen LogP contribution in [0.2, 0.25) is 10.0 Å². The van der Waals surface area contributed by atoms with E-state index in [9.17, 15) is 0 Å². The Labute approximate surface area is 138 Å². The fraction of sp³-hybridized carbons (Fsp3) is 0.176. The van der Waals surface area contributed by atoms with Crippen molar-refractivity contribution in [2.75, 3.05) is 6.61 Å². The quantitative estimate of drug-likeness (QED) is 0.673. The minimum absolute atomic E-state index is 0.0634. The molecule has 5 heteroatoms. The molecule has 0 bridgehead atoms. The molecule has 22 heavy (non-hydrogen) atoms. The average molecular weight is 334 g/mol. The van der Waals surface area contributed by atoms with E-state index in [1.54, 1.807) is 12.1 Å². The Kier molecular flexibility index (Phi) is 3.40. The van der Waals surface area contributed by atoms with E-state index in [1.165, 1.54) is 10.8 Å². The number of nitrogens with zero attached hydrogens (tertiary/aromatic N) is 1. The Bertz CT molecular complexity index is 811. The van der Waals surface area contributed by atoms with Crippen molar-refractivity contribution in [1.82, 2.24) is 4.57 Å². The maximum atomic E-state index is 6.03. The van der Waals surface area contributed by atoms with Crippen molar-refractivity contribution in [3.63, 3.8) is 0 Å². The predicted molar refractivity (Wildman–Crippen MR) is 88.3 cm³/mol. The van der Waals surface area contributed by atoms with Crippen LogP contribution >= 0.6 is 23.2 Å². The summed E-state index contributed by atoms with van der Waals surface area (Å²) in [6.07, 6.45) is 4.16. The van der Waals surface area contributed by atoms with Crippen LogP contribution in [0, 0.1) is 0 Å². The van der Waals surface area contributed by atoms with Gasteiger partial charge in [0, 0.05) is 24.5 Å². The normalized spacial score (nSPS) is 16.9. The molecule has 1 atom stereocenters. The van der Waals surface area contributed by atoms with Gasteiger partial charge in [0.25, 0.3) is 0 Å². The fourth-order valence-corrected chi connectivity index (χ4v) is 2.99. The molecule has 0 amide bonds. The first kappa shape index (κ1) is 13.8. The maximum absolute atomic E-state index is 6.03. The number of fused-ring (bicyclic) bond motifs is 2. The second-order valence-corrected chi connectivity index (χ2v) is 6.16. The molecule has 0 aliphatic carbocycles. The topological polar surface area (TPSA) is 23.4 Å².